The highest BCUT2D eigenvalue weighted by atomic mass is 19.1. The summed E-state index contributed by atoms with van der Waals surface area (Å²) < 4.78 is 16.2. The van der Waals surface area contributed by atoms with Gasteiger partial charge in [0.2, 0.25) is 5.82 Å². The molecule has 0 bridgehead atoms. The Kier molecular flexibility index (Phi) is 4.19. The number of amides is 1. The molecule has 28 heavy (non-hydrogen) atoms. The normalized spacial score (nSPS) is 21.1. The number of nitrogens with zero attached hydrogens (tertiary/aromatic N) is 4. The van der Waals surface area contributed by atoms with Gasteiger partial charge in [-0.05, 0) is 29.5 Å². The molecule has 3 aromatic rings. The van der Waals surface area contributed by atoms with Crippen LogP contribution in [-0.2, 0) is 13.0 Å². The Morgan fingerprint density at radius 1 is 1.04 bits per heavy atom. The molecule has 0 spiro atoms. The van der Waals surface area contributed by atoms with Crippen molar-refractivity contribution in [3.05, 3.63) is 82.9 Å². The summed E-state index contributed by atoms with van der Waals surface area (Å²) in [5, 5.41) is 4.44. The van der Waals surface area contributed by atoms with E-state index in [2.05, 4.69) is 22.2 Å². The highest BCUT2D eigenvalue weighted by Crippen LogP contribution is 2.39. The molecule has 5 rings (SSSR count). The van der Waals surface area contributed by atoms with Gasteiger partial charge in [0, 0.05) is 19.5 Å². The van der Waals surface area contributed by atoms with Gasteiger partial charge >= 0.3 is 0 Å². The molecule has 2 atom stereocenters. The molecule has 2 aliphatic rings. The van der Waals surface area contributed by atoms with Crippen LogP contribution in [-0.4, -0.2) is 32.1 Å². The Morgan fingerprint density at radius 3 is 2.61 bits per heavy atom. The van der Waals surface area contributed by atoms with E-state index < -0.39 is 6.17 Å². The minimum atomic E-state index is -1.20. The Balaban J connectivity index is 1.44. The molecule has 1 aromatic heterocycles. The number of halogens is 1. The number of alkyl halides is 1. The van der Waals surface area contributed by atoms with E-state index in [9.17, 15) is 9.18 Å². The molecule has 3 heterocycles. The number of carbonyl (C=O) groups is 1. The summed E-state index contributed by atoms with van der Waals surface area (Å²) in [7, 11) is 0. The number of benzene rings is 2. The van der Waals surface area contributed by atoms with Gasteiger partial charge in [-0.2, -0.15) is 0 Å². The molecule has 2 unspecified atom stereocenters. The molecule has 2 aliphatic heterocycles. The topological polar surface area (TPSA) is 51.0 Å². The van der Waals surface area contributed by atoms with Crippen molar-refractivity contribution in [1.29, 1.82) is 0 Å². The van der Waals surface area contributed by atoms with E-state index in [0.29, 0.717) is 19.5 Å². The van der Waals surface area contributed by atoms with E-state index in [0.717, 1.165) is 24.0 Å². The Bertz CT molecular complexity index is 1020. The first-order valence-corrected chi connectivity index (χ1v) is 9.72. The monoisotopic (exact) mass is 376 g/mol. The Hall–Kier alpha value is -3.02. The van der Waals surface area contributed by atoms with Crippen LogP contribution in [0.3, 0.4) is 0 Å². The molecule has 0 aliphatic carbocycles. The van der Waals surface area contributed by atoms with Gasteiger partial charge in [-0.1, -0.05) is 54.6 Å². The van der Waals surface area contributed by atoms with Crippen molar-refractivity contribution in [2.75, 3.05) is 6.54 Å². The number of hydrogen-bond donors (Lipinski definition) is 0. The van der Waals surface area contributed by atoms with Crippen LogP contribution in [0.4, 0.5) is 4.39 Å². The van der Waals surface area contributed by atoms with Crippen molar-refractivity contribution in [3.63, 3.8) is 0 Å². The minimum absolute atomic E-state index is 0.0951. The van der Waals surface area contributed by atoms with Gasteiger partial charge < -0.3 is 4.90 Å². The van der Waals surface area contributed by atoms with Crippen LogP contribution in [0.1, 0.15) is 58.2 Å². The predicted molar refractivity (Wildman–Crippen MR) is 103 cm³/mol. The molecule has 142 valence electrons. The largest absolute Gasteiger partial charge is 0.332 e. The van der Waals surface area contributed by atoms with Crippen LogP contribution in [0, 0.1) is 0 Å². The van der Waals surface area contributed by atoms with Crippen molar-refractivity contribution in [2.45, 2.75) is 38.0 Å². The van der Waals surface area contributed by atoms with Gasteiger partial charge in [-0.3, -0.25) is 4.79 Å². The second kappa shape index (κ2) is 6.86. The lowest BCUT2D eigenvalue weighted by molar-refractivity contribution is 0.0732. The van der Waals surface area contributed by atoms with Crippen molar-refractivity contribution < 1.29 is 9.18 Å². The summed E-state index contributed by atoms with van der Waals surface area (Å²) >= 11 is 0. The zero-order chi connectivity index (χ0) is 19.1. The van der Waals surface area contributed by atoms with E-state index in [-0.39, 0.29) is 23.6 Å². The first-order chi connectivity index (χ1) is 13.7. The standard InChI is InChI=1S/C22H21FN4O/c23-18-13-19(16-8-2-1-3-9-16)27-21(18)24-20(25-27)22(28)26-12-6-11-15-7-4-5-10-17(15)14-26/h1-5,7-10,18-19H,6,11-14H2. The van der Waals surface area contributed by atoms with Crippen molar-refractivity contribution in [1.82, 2.24) is 19.7 Å². The highest BCUT2D eigenvalue weighted by molar-refractivity contribution is 5.90. The summed E-state index contributed by atoms with van der Waals surface area (Å²) in [4.78, 5) is 19.2. The molecule has 0 fully saturated rings. The fourth-order valence-corrected chi connectivity index (χ4v) is 4.24. The van der Waals surface area contributed by atoms with Gasteiger partial charge in [0.25, 0.3) is 5.91 Å². The van der Waals surface area contributed by atoms with Gasteiger partial charge in [0.15, 0.2) is 12.0 Å². The smallest absolute Gasteiger partial charge is 0.293 e. The van der Waals surface area contributed by atoms with Gasteiger partial charge in [-0.25, -0.2) is 14.1 Å². The lowest BCUT2D eigenvalue weighted by Gasteiger charge is -2.19. The van der Waals surface area contributed by atoms with Crippen LogP contribution in [0.2, 0.25) is 0 Å². The van der Waals surface area contributed by atoms with Crippen molar-refractivity contribution in [2.24, 2.45) is 0 Å². The third kappa shape index (κ3) is 2.89. The molecule has 0 radical (unpaired) electrons. The van der Waals surface area contributed by atoms with Crippen LogP contribution < -0.4 is 0 Å². The molecule has 2 aromatic carbocycles. The number of fused-ring (bicyclic) bond motifs is 2. The summed E-state index contributed by atoms with van der Waals surface area (Å²) in [5.74, 6) is 0.128. The second-order valence-corrected chi connectivity index (χ2v) is 7.47. The molecule has 0 saturated heterocycles. The van der Waals surface area contributed by atoms with E-state index in [4.69, 9.17) is 0 Å². The molecule has 5 nitrogen and oxygen atoms in total. The van der Waals surface area contributed by atoms with Crippen LogP contribution >= 0.6 is 0 Å². The van der Waals surface area contributed by atoms with Crippen LogP contribution in [0.25, 0.3) is 0 Å². The summed E-state index contributed by atoms with van der Waals surface area (Å²) in [6.45, 7) is 1.19. The van der Waals surface area contributed by atoms with Crippen molar-refractivity contribution >= 4 is 5.91 Å². The van der Waals surface area contributed by atoms with Crippen LogP contribution in [0.15, 0.2) is 54.6 Å². The Morgan fingerprint density at radius 2 is 1.79 bits per heavy atom. The maximum Gasteiger partial charge on any atom is 0.293 e. The SMILES string of the molecule is O=C(c1nc2n(n1)C(c1ccccc1)CC2F)N1CCCc2ccccc2C1. The summed E-state index contributed by atoms with van der Waals surface area (Å²) in [6, 6.07) is 17.7. The molecule has 0 saturated carbocycles. The summed E-state index contributed by atoms with van der Waals surface area (Å²) in [6.07, 6.45) is 0.957. The zero-order valence-corrected chi connectivity index (χ0v) is 15.5. The molecular weight excluding hydrogens is 355 g/mol. The van der Waals surface area contributed by atoms with E-state index in [1.54, 1.807) is 9.58 Å². The van der Waals surface area contributed by atoms with Gasteiger partial charge in [-0.15, -0.1) is 5.10 Å². The number of aryl methyl sites for hydroxylation is 1. The third-order valence-electron chi connectivity index (χ3n) is 5.68. The Labute approximate surface area is 162 Å². The van der Waals surface area contributed by atoms with E-state index in [1.807, 2.05) is 42.5 Å². The number of hydrogen-bond acceptors (Lipinski definition) is 3. The number of rotatable bonds is 2. The maximum absolute atomic E-state index is 14.6. The predicted octanol–water partition coefficient (Wildman–Crippen LogP) is 3.87. The lowest BCUT2D eigenvalue weighted by atomic mass is 10.0. The zero-order valence-electron chi connectivity index (χ0n) is 15.5. The second-order valence-electron chi connectivity index (χ2n) is 7.47. The average molecular weight is 376 g/mol. The van der Waals surface area contributed by atoms with Gasteiger partial charge in [0.1, 0.15) is 0 Å². The highest BCUT2D eigenvalue weighted by Gasteiger charge is 2.37. The number of carbonyl (C=O) groups excluding carboxylic acids is 1. The minimum Gasteiger partial charge on any atom is -0.332 e. The quantitative estimate of drug-likeness (QED) is 0.682. The molecular formula is C22H21FN4O. The first kappa shape index (κ1) is 17.1. The third-order valence-corrected chi connectivity index (χ3v) is 5.68. The first-order valence-electron chi connectivity index (χ1n) is 9.72. The van der Waals surface area contributed by atoms with Crippen LogP contribution in [0.5, 0.6) is 0 Å². The fraction of sp³-hybridized carbons (Fsp3) is 0.318. The van der Waals surface area contributed by atoms with Crippen molar-refractivity contribution in [3.8, 4) is 0 Å². The lowest BCUT2D eigenvalue weighted by Crippen LogP contribution is -2.31. The van der Waals surface area contributed by atoms with E-state index in [1.165, 1.54) is 5.56 Å². The summed E-state index contributed by atoms with van der Waals surface area (Å²) in [5.41, 5.74) is 3.42. The average Bonchev–Trinajstić information content (AvgIpc) is 3.21. The number of aromatic nitrogens is 3. The maximum atomic E-state index is 14.6. The molecule has 0 N–H and O–H groups in total. The molecule has 1 amide bonds. The molecule has 6 heteroatoms. The fourth-order valence-electron chi connectivity index (χ4n) is 4.24. The van der Waals surface area contributed by atoms with Gasteiger partial charge in [0.05, 0.1) is 6.04 Å². The van der Waals surface area contributed by atoms with E-state index >= 15 is 0 Å².